The van der Waals surface area contributed by atoms with Crippen molar-refractivity contribution in [2.24, 2.45) is 5.41 Å². The van der Waals surface area contributed by atoms with Gasteiger partial charge >= 0.3 is 0 Å². The molecule has 0 aromatic heterocycles. The SMILES string of the molecule is CC1(CNc2cc(CO)ccc2[N+](=O)[O-])Cc2ccccc2C1. The van der Waals surface area contributed by atoms with Gasteiger partial charge in [0.1, 0.15) is 5.69 Å². The highest BCUT2D eigenvalue weighted by Gasteiger charge is 2.32. The zero-order valence-electron chi connectivity index (χ0n) is 13.1. The third-order valence-electron chi connectivity index (χ3n) is 4.50. The lowest BCUT2D eigenvalue weighted by atomic mass is 9.87. The van der Waals surface area contributed by atoms with Crippen molar-refractivity contribution < 1.29 is 10.0 Å². The maximum atomic E-state index is 11.2. The van der Waals surface area contributed by atoms with Gasteiger partial charge in [-0.05, 0) is 47.1 Å². The first-order chi connectivity index (χ1) is 11.0. The molecule has 2 aromatic rings. The fraction of sp³-hybridized carbons (Fsp3) is 0.333. The zero-order valence-corrected chi connectivity index (χ0v) is 13.1. The van der Waals surface area contributed by atoms with Gasteiger partial charge in [0.25, 0.3) is 5.69 Å². The minimum absolute atomic E-state index is 0.0345. The molecule has 0 heterocycles. The fourth-order valence-electron chi connectivity index (χ4n) is 3.30. The van der Waals surface area contributed by atoms with Crippen molar-refractivity contribution in [2.45, 2.75) is 26.4 Å². The molecule has 0 fully saturated rings. The molecule has 5 nitrogen and oxygen atoms in total. The largest absolute Gasteiger partial charge is 0.392 e. The summed E-state index contributed by atoms with van der Waals surface area (Å²) in [5.41, 5.74) is 3.93. The number of nitro benzene ring substituents is 1. The number of aliphatic hydroxyl groups excluding tert-OH is 1. The molecule has 3 rings (SSSR count). The molecule has 0 aliphatic heterocycles. The van der Waals surface area contributed by atoms with Crippen molar-refractivity contribution in [1.29, 1.82) is 0 Å². The molecule has 0 saturated heterocycles. The van der Waals surface area contributed by atoms with Crippen LogP contribution in [0.25, 0.3) is 0 Å². The van der Waals surface area contributed by atoms with Crippen molar-refractivity contribution in [3.8, 4) is 0 Å². The maximum absolute atomic E-state index is 11.2. The van der Waals surface area contributed by atoms with Crippen LogP contribution in [0.3, 0.4) is 0 Å². The van der Waals surface area contributed by atoms with Crippen LogP contribution in [0.1, 0.15) is 23.6 Å². The highest BCUT2D eigenvalue weighted by atomic mass is 16.6. The predicted octanol–water partition coefficient (Wildman–Crippen LogP) is 3.30. The van der Waals surface area contributed by atoms with Crippen LogP contribution in [0.2, 0.25) is 0 Å². The highest BCUT2D eigenvalue weighted by molar-refractivity contribution is 5.63. The summed E-state index contributed by atoms with van der Waals surface area (Å²) >= 11 is 0. The molecule has 0 bridgehead atoms. The van der Waals surface area contributed by atoms with Crippen molar-refractivity contribution in [1.82, 2.24) is 0 Å². The normalized spacial score (nSPS) is 15.2. The number of aliphatic hydroxyl groups is 1. The number of rotatable bonds is 5. The highest BCUT2D eigenvalue weighted by Crippen LogP contribution is 2.37. The van der Waals surface area contributed by atoms with Gasteiger partial charge in [-0.2, -0.15) is 0 Å². The second-order valence-corrected chi connectivity index (χ2v) is 6.55. The molecule has 0 saturated carbocycles. The Labute approximate surface area is 135 Å². The summed E-state index contributed by atoms with van der Waals surface area (Å²) < 4.78 is 0. The van der Waals surface area contributed by atoms with E-state index in [2.05, 4.69) is 24.4 Å². The van der Waals surface area contributed by atoms with Crippen LogP contribution in [-0.4, -0.2) is 16.6 Å². The van der Waals surface area contributed by atoms with Gasteiger partial charge in [0.05, 0.1) is 11.5 Å². The Balaban J connectivity index is 1.77. The maximum Gasteiger partial charge on any atom is 0.292 e. The Morgan fingerprint density at radius 2 is 1.87 bits per heavy atom. The second kappa shape index (κ2) is 6.01. The van der Waals surface area contributed by atoms with E-state index in [-0.39, 0.29) is 17.7 Å². The lowest BCUT2D eigenvalue weighted by Gasteiger charge is -2.24. The molecule has 2 aromatic carbocycles. The van der Waals surface area contributed by atoms with E-state index in [9.17, 15) is 15.2 Å². The van der Waals surface area contributed by atoms with Crippen LogP contribution >= 0.6 is 0 Å². The lowest BCUT2D eigenvalue weighted by molar-refractivity contribution is -0.384. The summed E-state index contributed by atoms with van der Waals surface area (Å²) in [6.07, 6.45) is 1.92. The number of nitrogens with zero attached hydrogens (tertiary/aromatic N) is 1. The molecule has 23 heavy (non-hydrogen) atoms. The number of benzene rings is 2. The lowest BCUT2D eigenvalue weighted by Crippen LogP contribution is -2.27. The van der Waals surface area contributed by atoms with E-state index in [1.54, 1.807) is 12.1 Å². The van der Waals surface area contributed by atoms with E-state index in [0.717, 1.165) is 12.8 Å². The first-order valence-corrected chi connectivity index (χ1v) is 7.70. The summed E-state index contributed by atoms with van der Waals surface area (Å²) in [7, 11) is 0. The topological polar surface area (TPSA) is 75.4 Å². The number of nitro groups is 1. The zero-order chi connectivity index (χ0) is 16.4. The van der Waals surface area contributed by atoms with Crippen molar-refractivity contribution in [3.05, 3.63) is 69.3 Å². The Bertz CT molecular complexity index is 718. The Morgan fingerprint density at radius 1 is 1.22 bits per heavy atom. The van der Waals surface area contributed by atoms with Gasteiger partial charge in [0.2, 0.25) is 0 Å². The van der Waals surface area contributed by atoms with Crippen LogP contribution in [0.5, 0.6) is 0 Å². The predicted molar refractivity (Wildman–Crippen MR) is 89.5 cm³/mol. The van der Waals surface area contributed by atoms with E-state index in [1.807, 2.05) is 12.1 Å². The Hall–Kier alpha value is -2.40. The molecule has 0 radical (unpaired) electrons. The van der Waals surface area contributed by atoms with Gasteiger partial charge in [0, 0.05) is 12.6 Å². The van der Waals surface area contributed by atoms with Gasteiger partial charge in [-0.25, -0.2) is 0 Å². The van der Waals surface area contributed by atoms with E-state index >= 15 is 0 Å². The second-order valence-electron chi connectivity index (χ2n) is 6.55. The molecular formula is C18H20N2O3. The van der Waals surface area contributed by atoms with Crippen LogP contribution in [0.15, 0.2) is 42.5 Å². The molecule has 120 valence electrons. The summed E-state index contributed by atoms with van der Waals surface area (Å²) in [4.78, 5) is 10.8. The minimum Gasteiger partial charge on any atom is -0.392 e. The third-order valence-corrected chi connectivity index (χ3v) is 4.50. The number of hydrogen-bond acceptors (Lipinski definition) is 4. The van der Waals surface area contributed by atoms with Gasteiger partial charge in [0.15, 0.2) is 0 Å². The standard InChI is InChI=1S/C18H20N2O3/c1-18(9-14-4-2-3-5-15(14)10-18)12-19-16-8-13(11-21)6-7-17(16)20(22)23/h2-8,19,21H,9-12H2,1H3. The third kappa shape index (κ3) is 3.19. The number of hydrogen-bond donors (Lipinski definition) is 2. The molecule has 1 aliphatic rings. The summed E-state index contributed by atoms with van der Waals surface area (Å²) in [6, 6.07) is 13.1. The summed E-state index contributed by atoms with van der Waals surface area (Å²) in [5.74, 6) is 0. The molecular weight excluding hydrogens is 292 g/mol. The number of nitrogens with one attached hydrogen (secondary N) is 1. The Kier molecular flexibility index (Phi) is 4.05. The van der Waals surface area contributed by atoms with Crippen molar-refractivity contribution in [3.63, 3.8) is 0 Å². The molecule has 0 amide bonds. The van der Waals surface area contributed by atoms with Crippen LogP contribution < -0.4 is 5.32 Å². The van der Waals surface area contributed by atoms with Crippen LogP contribution in [-0.2, 0) is 19.4 Å². The van der Waals surface area contributed by atoms with Crippen molar-refractivity contribution in [2.75, 3.05) is 11.9 Å². The van der Waals surface area contributed by atoms with E-state index in [0.29, 0.717) is 17.8 Å². The van der Waals surface area contributed by atoms with Crippen LogP contribution in [0, 0.1) is 15.5 Å². The van der Waals surface area contributed by atoms with E-state index < -0.39 is 4.92 Å². The van der Waals surface area contributed by atoms with Gasteiger partial charge in [-0.15, -0.1) is 0 Å². The number of anilines is 1. The van der Waals surface area contributed by atoms with Crippen LogP contribution in [0.4, 0.5) is 11.4 Å². The fourth-order valence-corrected chi connectivity index (χ4v) is 3.30. The van der Waals surface area contributed by atoms with E-state index in [4.69, 9.17) is 0 Å². The molecule has 0 atom stereocenters. The quantitative estimate of drug-likeness (QED) is 0.656. The molecule has 1 aliphatic carbocycles. The van der Waals surface area contributed by atoms with Crippen molar-refractivity contribution >= 4 is 11.4 Å². The molecule has 0 unspecified atom stereocenters. The minimum atomic E-state index is -0.394. The number of fused-ring (bicyclic) bond motifs is 1. The average Bonchev–Trinajstić information content (AvgIpc) is 2.89. The first-order valence-electron chi connectivity index (χ1n) is 7.70. The summed E-state index contributed by atoms with van der Waals surface area (Å²) in [5, 5.41) is 23.7. The smallest absolute Gasteiger partial charge is 0.292 e. The molecule has 0 spiro atoms. The Morgan fingerprint density at radius 3 is 2.43 bits per heavy atom. The monoisotopic (exact) mass is 312 g/mol. The first kappa shape index (κ1) is 15.5. The van der Waals surface area contributed by atoms with E-state index in [1.165, 1.54) is 17.2 Å². The summed E-state index contributed by atoms with van der Waals surface area (Å²) in [6.45, 7) is 2.72. The molecule has 2 N–H and O–H groups in total. The van der Waals surface area contributed by atoms with Gasteiger partial charge in [-0.1, -0.05) is 31.2 Å². The molecule has 5 heteroatoms. The average molecular weight is 312 g/mol. The van der Waals surface area contributed by atoms with Gasteiger partial charge < -0.3 is 10.4 Å². The van der Waals surface area contributed by atoms with Gasteiger partial charge in [-0.3, -0.25) is 10.1 Å².